The molecule has 0 radical (unpaired) electrons. The van der Waals surface area contributed by atoms with Crippen LogP contribution in [-0.4, -0.2) is 39.0 Å². The second-order valence-electron chi connectivity index (χ2n) is 6.26. The van der Waals surface area contributed by atoms with Gasteiger partial charge in [0.25, 0.3) is 0 Å². The van der Waals surface area contributed by atoms with Crippen molar-refractivity contribution in [1.82, 2.24) is 4.31 Å². The molecule has 0 amide bonds. The first-order chi connectivity index (χ1) is 12.0. The van der Waals surface area contributed by atoms with Gasteiger partial charge in [-0.05, 0) is 30.2 Å². The molecule has 1 saturated heterocycles. The Morgan fingerprint density at radius 3 is 2.44 bits per heavy atom. The van der Waals surface area contributed by atoms with Crippen LogP contribution in [0.2, 0.25) is 0 Å². The lowest BCUT2D eigenvalue weighted by Crippen LogP contribution is -2.48. The van der Waals surface area contributed by atoms with Crippen molar-refractivity contribution in [2.24, 2.45) is 0 Å². The average molecular weight is 361 g/mol. The molecular weight excluding hydrogens is 338 g/mol. The fourth-order valence-electron chi connectivity index (χ4n) is 3.01. The number of hydrogen-bond acceptors (Lipinski definition) is 4. The zero-order chi connectivity index (χ0) is 17.9. The summed E-state index contributed by atoms with van der Waals surface area (Å²) in [6.45, 7) is 2.58. The van der Waals surface area contributed by atoms with E-state index in [-0.39, 0.29) is 17.9 Å². The topological polar surface area (TPSA) is 55.8 Å². The second kappa shape index (κ2) is 7.56. The molecule has 25 heavy (non-hydrogen) atoms. The molecule has 2 unspecified atom stereocenters. The highest BCUT2D eigenvalue weighted by Crippen LogP contribution is 2.29. The molecule has 2 atom stereocenters. The van der Waals surface area contributed by atoms with Gasteiger partial charge in [0.05, 0.1) is 25.6 Å². The van der Waals surface area contributed by atoms with Gasteiger partial charge in [0.2, 0.25) is 10.0 Å². The maximum atomic E-state index is 12.9. The van der Waals surface area contributed by atoms with Crippen molar-refractivity contribution in [2.75, 3.05) is 20.3 Å². The van der Waals surface area contributed by atoms with Crippen molar-refractivity contribution in [2.45, 2.75) is 24.8 Å². The molecule has 0 aromatic heterocycles. The summed E-state index contributed by atoms with van der Waals surface area (Å²) < 4.78 is 38.4. The van der Waals surface area contributed by atoms with Gasteiger partial charge in [0.1, 0.15) is 5.75 Å². The Balaban J connectivity index is 1.77. The number of rotatable bonds is 5. The van der Waals surface area contributed by atoms with E-state index in [2.05, 4.69) is 0 Å². The standard InChI is InChI=1S/C19H23NO4S/c1-15-13-24-19(17-8-10-18(23-2)11-9-17)12-20(15)25(21,22)14-16-6-4-3-5-7-16/h3-11,15,19H,12-14H2,1-2H3. The molecule has 0 N–H and O–H groups in total. The molecule has 1 aliphatic rings. The Labute approximate surface area is 149 Å². The molecule has 5 nitrogen and oxygen atoms in total. The van der Waals surface area contributed by atoms with Crippen LogP contribution in [0.25, 0.3) is 0 Å². The van der Waals surface area contributed by atoms with Crippen LogP contribution in [0, 0.1) is 0 Å². The first-order valence-electron chi connectivity index (χ1n) is 8.28. The van der Waals surface area contributed by atoms with E-state index in [4.69, 9.17) is 9.47 Å². The Morgan fingerprint density at radius 2 is 1.80 bits per heavy atom. The lowest BCUT2D eigenvalue weighted by molar-refractivity contribution is -0.0289. The SMILES string of the molecule is COc1ccc(C2CN(S(=O)(=O)Cc3ccccc3)C(C)CO2)cc1. The zero-order valence-corrected chi connectivity index (χ0v) is 15.3. The first kappa shape index (κ1) is 17.9. The Hall–Kier alpha value is -1.89. The third kappa shape index (κ3) is 4.21. The predicted octanol–water partition coefficient (Wildman–Crippen LogP) is 2.99. The van der Waals surface area contributed by atoms with Crippen molar-refractivity contribution < 1.29 is 17.9 Å². The molecule has 2 aromatic carbocycles. The van der Waals surface area contributed by atoms with Gasteiger partial charge in [-0.25, -0.2) is 8.42 Å². The van der Waals surface area contributed by atoms with Crippen LogP contribution in [-0.2, 0) is 20.5 Å². The van der Waals surface area contributed by atoms with Gasteiger partial charge in [0.15, 0.2) is 0 Å². The molecular formula is C19H23NO4S. The monoisotopic (exact) mass is 361 g/mol. The highest BCUT2D eigenvalue weighted by atomic mass is 32.2. The summed E-state index contributed by atoms with van der Waals surface area (Å²) in [5.74, 6) is 0.773. The summed E-state index contributed by atoms with van der Waals surface area (Å²) in [6, 6.07) is 16.6. The zero-order valence-electron chi connectivity index (χ0n) is 14.5. The number of morpholine rings is 1. The van der Waals surface area contributed by atoms with Crippen LogP contribution in [0.3, 0.4) is 0 Å². The summed E-state index contributed by atoms with van der Waals surface area (Å²) in [5, 5.41) is 0. The van der Waals surface area contributed by atoms with Crippen molar-refractivity contribution in [3.8, 4) is 5.75 Å². The normalized spacial score (nSPS) is 21.8. The van der Waals surface area contributed by atoms with Gasteiger partial charge in [-0.15, -0.1) is 0 Å². The van der Waals surface area contributed by atoms with E-state index in [9.17, 15) is 8.42 Å². The summed E-state index contributed by atoms with van der Waals surface area (Å²) in [6.07, 6.45) is -0.271. The molecule has 1 heterocycles. The van der Waals surface area contributed by atoms with Crippen LogP contribution in [0.5, 0.6) is 5.75 Å². The maximum Gasteiger partial charge on any atom is 0.218 e. The van der Waals surface area contributed by atoms with Crippen molar-refractivity contribution in [1.29, 1.82) is 0 Å². The van der Waals surface area contributed by atoms with E-state index >= 15 is 0 Å². The number of benzene rings is 2. The average Bonchev–Trinajstić information content (AvgIpc) is 2.62. The maximum absolute atomic E-state index is 12.9. The van der Waals surface area contributed by atoms with Gasteiger partial charge in [-0.1, -0.05) is 42.5 Å². The Morgan fingerprint density at radius 1 is 1.12 bits per heavy atom. The minimum absolute atomic E-state index is 0.00745. The smallest absolute Gasteiger partial charge is 0.218 e. The molecule has 0 bridgehead atoms. The lowest BCUT2D eigenvalue weighted by Gasteiger charge is -2.37. The summed E-state index contributed by atoms with van der Waals surface area (Å²) in [5.41, 5.74) is 1.75. The van der Waals surface area contributed by atoms with Gasteiger partial charge >= 0.3 is 0 Å². The highest BCUT2D eigenvalue weighted by Gasteiger charge is 2.35. The van der Waals surface area contributed by atoms with Gasteiger partial charge in [0, 0.05) is 12.6 Å². The van der Waals surface area contributed by atoms with E-state index in [1.807, 2.05) is 61.5 Å². The van der Waals surface area contributed by atoms with Gasteiger partial charge in [-0.3, -0.25) is 0 Å². The second-order valence-corrected chi connectivity index (χ2v) is 8.18. The van der Waals surface area contributed by atoms with Crippen molar-refractivity contribution in [3.63, 3.8) is 0 Å². The number of hydrogen-bond donors (Lipinski definition) is 0. The predicted molar refractivity (Wildman–Crippen MR) is 96.9 cm³/mol. The largest absolute Gasteiger partial charge is 0.497 e. The molecule has 1 fully saturated rings. The van der Waals surface area contributed by atoms with Crippen LogP contribution in [0.1, 0.15) is 24.2 Å². The molecule has 0 saturated carbocycles. The minimum atomic E-state index is -3.41. The minimum Gasteiger partial charge on any atom is -0.497 e. The van der Waals surface area contributed by atoms with E-state index in [0.29, 0.717) is 13.2 Å². The van der Waals surface area contributed by atoms with E-state index in [0.717, 1.165) is 16.9 Å². The summed E-state index contributed by atoms with van der Waals surface area (Å²) in [4.78, 5) is 0. The molecule has 6 heteroatoms. The molecule has 134 valence electrons. The van der Waals surface area contributed by atoms with Crippen molar-refractivity contribution >= 4 is 10.0 Å². The van der Waals surface area contributed by atoms with Crippen LogP contribution in [0.15, 0.2) is 54.6 Å². The Kier molecular flexibility index (Phi) is 5.42. The summed E-state index contributed by atoms with van der Waals surface area (Å²) in [7, 11) is -1.79. The molecule has 3 rings (SSSR count). The van der Waals surface area contributed by atoms with Crippen LogP contribution < -0.4 is 4.74 Å². The van der Waals surface area contributed by atoms with Gasteiger partial charge in [-0.2, -0.15) is 4.31 Å². The highest BCUT2D eigenvalue weighted by molar-refractivity contribution is 7.88. The van der Waals surface area contributed by atoms with E-state index in [1.165, 1.54) is 0 Å². The third-order valence-corrected chi connectivity index (χ3v) is 6.33. The summed E-state index contributed by atoms with van der Waals surface area (Å²) >= 11 is 0. The molecule has 2 aromatic rings. The van der Waals surface area contributed by atoms with E-state index in [1.54, 1.807) is 11.4 Å². The first-order valence-corrected chi connectivity index (χ1v) is 9.89. The number of sulfonamides is 1. The van der Waals surface area contributed by atoms with Crippen molar-refractivity contribution in [3.05, 3.63) is 65.7 Å². The molecule has 0 spiro atoms. The van der Waals surface area contributed by atoms with Crippen LogP contribution >= 0.6 is 0 Å². The molecule has 1 aliphatic heterocycles. The van der Waals surface area contributed by atoms with Crippen LogP contribution in [0.4, 0.5) is 0 Å². The molecule has 0 aliphatic carbocycles. The number of nitrogens with zero attached hydrogens (tertiary/aromatic N) is 1. The quantitative estimate of drug-likeness (QED) is 0.822. The third-order valence-electron chi connectivity index (χ3n) is 4.41. The Bertz CT molecular complexity index is 790. The van der Waals surface area contributed by atoms with E-state index < -0.39 is 10.0 Å². The fraction of sp³-hybridized carbons (Fsp3) is 0.368. The fourth-order valence-corrected chi connectivity index (χ4v) is 4.76. The lowest BCUT2D eigenvalue weighted by atomic mass is 10.1. The number of ether oxygens (including phenoxy) is 2. The van der Waals surface area contributed by atoms with Gasteiger partial charge < -0.3 is 9.47 Å². The number of methoxy groups -OCH3 is 1.